The number of hydrogen-bond acceptors (Lipinski definition) is 4. The number of hydrogen-bond donors (Lipinski definition) is 3. The van der Waals surface area contributed by atoms with Crippen molar-refractivity contribution >= 4 is 35.8 Å². The van der Waals surface area contributed by atoms with E-state index in [0.717, 1.165) is 58.0 Å². The molecule has 1 aliphatic heterocycles. The fraction of sp³-hybridized carbons (Fsp3) is 0.889. The van der Waals surface area contributed by atoms with Crippen LogP contribution in [0.15, 0.2) is 4.99 Å². The Morgan fingerprint density at radius 1 is 1.31 bits per heavy atom. The van der Waals surface area contributed by atoms with E-state index >= 15 is 0 Å². The second kappa shape index (κ2) is 13.5. The first-order valence-corrected chi connectivity index (χ1v) is 9.41. The number of amides is 1. The number of methoxy groups -OCH3 is 1. The van der Waals surface area contributed by atoms with Crippen molar-refractivity contribution in [1.29, 1.82) is 0 Å². The van der Waals surface area contributed by atoms with E-state index in [-0.39, 0.29) is 29.9 Å². The van der Waals surface area contributed by atoms with Crippen molar-refractivity contribution in [3.63, 3.8) is 0 Å². The van der Waals surface area contributed by atoms with Crippen molar-refractivity contribution in [2.75, 3.05) is 53.5 Å². The number of piperidine rings is 1. The number of nitrogens with zero attached hydrogens (tertiary/aromatic N) is 2. The first-order chi connectivity index (χ1) is 11.9. The lowest BCUT2D eigenvalue weighted by molar-refractivity contribution is -0.128. The maximum absolute atomic E-state index is 11.9. The molecule has 8 heteroatoms. The molecule has 0 saturated carbocycles. The van der Waals surface area contributed by atoms with Gasteiger partial charge in [-0.2, -0.15) is 0 Å². The summed E-state index contributed by atoms with van der Waals surface area (Å²) in [6, 6.07) is 0.430. The van der Waals surface area contributed by atoms with Crippen LogP contribution in [0.25, 0.3) is 0 Å². The van der Waals surface area contributed by atoms with E-state index in [1.807, 2.05) is 13.8 Å². The minimum Gasteiger partial charge on any atom is -0.385 e. The Hall–Kier alpha value is -0.610. The highest BCUT2D eigenvalue weighted by Crippen LogP contribution is 2.15. The lowest BCUT2D eigenvalue weighted by Crippen LogP contribution is -2.49. The van der Waals surface area contributed by atoms with Crippen LogP contribution in [0.2, 0.25) is 0 Å². The maximum atomic E-state index is 11.9. The molecule has 1 heterocycles. The van der Waals surface area contributed by atoms with Gasteiger partial charge in [-0.05, 0) is 40.0 Å². The van der Waals surface area contributed by atoms with E-state index in [0.29, 0.717) is 12.6 Å². The van der Waals surface area contributed by atoms with Crippen LogP contribution in [0.4, 0.5) is 0 Å². The zero-order chi connectivity index (χ0) is 18.7. The lowest BCUT2D eigenvalue weighted by atomic mass is 9.93. The largest absolute Gasteiger partial charge is 0.385 e. The predicted molar refractivity (Wildman–Crippen MR) is 118 cm³/mol. The topological polar surface area (TPSA) is 78.0 Å². The van der Waals surface area contributed by atoms with Crippen LogP contribution in [0, 0.1) is 5.41 Å². The van der Waals surface area contributed by atoms with Crippen molar-refractivity contribution in [3.05, 3.63) is 0 Å². The Morgan fingerprint density at radius 3 is 2.50 bits per heavy atom. The number of guanidine groups is 1. The van der Waals surface area contributed by atoms with E-state index < -0.39 is 5.41 Å². The summed E-state index contributed by atoms with van der Waals surface area (Å²) in [6.45, 7) is 11.3. The molecule has 0 aromatic heterocycles. The number of nitrogens with one attached hydrogen (secondary N) is 3. The molecule has 154 valence electrons. The number of rotatable bonds is 9. The molecule has 0 aromatic carbocycles. The van der Waals surface area contributed by atoms with Crippen molar-refractivity contribution in [3.8, 4) is 0 Å². The van der Waals surface area contributed by atoms with Gasteiger partial charge < -0.3 is 25.6 Å². The van der Waals surface area contributed by atoms with Gasteiger partial charge in [0.05, 0.1) is 12.0 Å². The van der Waals surface area contributed by atoms with Crippen LogP contribution in [0.1, 0.15) is 40.0 Å². The zero-order valence-corrected chi connectivity index (χ0v) is 19.4. The molecule has 0 atom stereocenters. The number of aliphatic imine (C=N–C) groups is 1. The second-order valence-corrected chi connectivity index (χ2v) is 7.26. The molecule has 0 radical (unpaired) electrons. The van der Waals surface area contributed by atoms with Crippen LogP contribution < -0.4 is 16.0 Å². The van der Waals surface area contributed by atoms with Crippen LogP contribution >= 0.6 is 24.0 Å². The molecule has 0 aromatic rings. The number of ether oxygens (including phenoxy) is 1. The predicted octanol–water partition coefficient (Wildman–Crippen LogP) is 1.43. The van der Waals surface area contributed by atoms with E-state index in [1.165, 1.54) is 0 Å². The molecule has 3 N–H and O–H groups in total. The Labute approximate surface area is 176 Å². The van der Waals surface area contributed by atoms with Gasteiger partial charge in [-0.1, -0.05) is 0 Å². The van der Waals surface area contributed by atoms with Crippen LogP contribution in [0.5, 0.6) is 0 Å². The van der Waals surface area contributed by atoms with Crippen LogP contribution in [0.3, 0.4) is 0 Å². The molecule has 0 spiro atoms. The highest BCUT2D eigenvalue weighted by atomic mass is 127. The van der Waals surface area contributed by atoms with Crippen molar-refractivity contribution in [2.24, 2.45) is 10.4 Å². The summed E-state index contributed by atoms with van der Waals surface area (Å²) >= 11 is 0. The number of carbonyl (C=O) groups is 1. The maximum Gasteiger partial charge on any atom is 0.227 e. The third-order valence-corrected chi connectivity index (χ3v) is 4.57. The SMILES string of the molecule is CCNC(=NCC(C)(C)C(=O)NC)NC1CCN(CCCOC)CC1.I. The number of likely N-dealkylation sites (tertiary alicyclic amines) is 1. The Morgan fingerprint density at radius 2 is 1.96 bits per heavy atom. The summed E-state index contributed by atoms with van der Waals surface area (Å²) in [5.41, 5.74) is -0.512. The minimum atomic E-state index is -0.512. The van der Waals surface area contributed by atoms with Gasteiger partial charge >= 0.3 is 0 Å². The van der Waals surface area contributed by atoms with E-state index in [9.17, 15) is 4.79 Å². The summed E-state index contributed by atoms with van der Waals surface area (Å²) in [6.07, 6.45) is 3.31. The molecular formula is C18H38IN5O2. The summed E-state index contributed by atoms with van der Waals surface area (Å²) in [5.74, 6) is 0.814. The smallest absolute Gasteiger partial charge is 0.227 e. The molecule has 1 aliphatic rings. The highest BCUT2D eigenvalue weighted by Gasteiger charge is 2.26. The number of halogens is 1. The molecule has 0 unspecified atom stereocenters. The molecule has 0 aliphatic carbocycles. The van der Waals surface area contributed by atoms with Gasteiger partial charge in [0.2, 0.25) is 5.91 Å². The van der Waals surface area contributed by atoms with Gasteiger partial charge in [0.25, 0.3) is 0 Å². The third-order valence-electron chi connectivity index (χ3n) is 4.57. The molecule has 1 fully saturated rings. The van der Waals surface area contributed by atoms with Gasteiger partial charge in [-0.25, -0.2) is 0 Å². The molecule has 26 heavy (non-hydrogen) atoms. The van der Waals surface area contributed by atoms with Crippen molar-refractivity contribution < 1.29 is 9.53 Å². The highest BCUT2D eigenvalue weighted by molar-refractivity contribution is 14.0. The quantitative estimate of drug-likeness (QED) is 0.200. The van der Waals surface area contributed by atoms with E-state index in [2.05, 4.69) is 32.8 Å². The summed E-state index contributed by atoms with van der Waals surface area (Å²) in [5, 5.41) is 9.52. The lowest BCUT2D eigenvalue weighted by Gasteiger charge is -2.33. The standard InChI is InChI=1S/C18H37N5O2.HI/c1-6-20-17(21-14-18(2,3)16(24)19-4)22-15-8-11-23(12-9-15)10-7-13-25-5;/h15H,6-14H2,1-5H3,(H,19,24)(H2,20,21,22);1H. The first-order valence-electron chi connectivity index (χ1n) is 9.41. The second-order valence-electron chi connectivity index (χ2n) is 7.26. The summed E-state index contributed by atoms with van der Waals surface area (Å²) < 4.78 is 5.12. The average Bonchev–Trinajstić information content (AvgIpc) is 2.61. The Kier molecular flexibility index (Phi) is 13.2. The molecule has 1 saturated heterocycles. The fourth-order valence-electron chi connectivity index (χ4n) is 2.93. The van der Waals surface area contributed by atoms with Crippen LogP contribution in [-0.2, 0) is 9.53 Å². The van der Waals surface area contributed by atoms with Gasteiger partial charge in [-0.3, -0.25) is 9.79 Å². The summed E-state index contributed by atoms with van der Waals surface area (Å²) in [7, 11) is 3.42. The molecular weight excluding hydrogens is 445 g/mol. The summed E-state index contributed by atoms with van der Waals surface area (Å²) in [4.78, 5) is 19.0. The van der Waals surface area contributed by atoms with E-state index in [4.69, 9.17) is 4.74 Å². The van der Waals surface area contributed by atoms with Crippen molar-refractivity contribution in [1.82, 2.24) is 20.9 Å². The fourth-order valence-corrected chi connectivity index (χ4v) is 2.93. The van der Waals surface area contributed by atoms with E-state index in [1.54, 1.807) is 14.2 Å². The van der Waals surface area contributed by atoms with Crippen molar-refractivity contribution in [2.45, 2.75) is 46.1 Å². The Bertz CT molecular complexity index is 424. The van der Waals surface area contributed by atoms with Gasteiger partial charge in [0.15, 0.2) is 5.96 Å². The third kappa shape index (κ3) is 9.36. The minimum absolute atomic E-state index is 0. The monoisotopic (exact) mass is 483 g/mol. The molecule has 1 rings (SSSR count). The Balaban J connectivity index is 0.00000625. The normalized spacial score (nSPS) is 16.7. The van der Waals surface area contributed by atoms with Gasteiger partial charge in [0, 0.05) is 53.0 Å². The molecule has 0 bridgehead atoms. The van der Waals surface area contributed by atoms with Gasteiger partial charge in [-0.15, -0.1) is 24.0 Å². The molecule has 7 nitrogen and oxygen atoms in total. The number of carbonyl (C=O) groups excluding carboxylic acids is 1. The first kappa shape index (κ1) is 25.4. The van der Waals surface area contributed by atoms with Crippen LogP contribution in [-0.4, -0.2) is 76.3 Å². The molecule has 1 amide bonds. The zero-order valence-electron chi connectivity index (χ0n) is 17.1. The van der Waals surface area contributed by atoms with Gasteiger partial charge in [0.1, 0.15) is 0 Å². The average molecular weight is 483 g/mol.